The third-order valence-electron chi connectivity index (χ3n) is 6.26. The van der Waals surface area contributed by atoms with Crippen LogP contribution in [0.2, 0.25) is 0 Å². The number of ether oxygens (including phenoxy) is 1. The molecule has 188 valence electrons. The zero-order valence-corrected chi connectivity index (χ0v) is 21.1. The first-order chi connectivity index (χ1) is 17.1. The lowest BCUT2D eigenvalue weighted by atomic mass is 9.88. The summed E-state index contributed by atoms with van der Waals surface area (Å²) in [6.45, 7) is 7.63. The van der Waals surface area contributed by atoms with Crippen LogP contribution in [0.15, 0.2) is 78.9 Å². The molecule has 36 heavy (non-hydrogen) atoms. The lowest BCUT2D eigenvalue weighted by molar-refractivity contribution is -1.04. The smallest absolute Gasteiger partial charge is 0.398 e. The minimum absolute atomic E-state index is 0.0370. The minimum atomic E-state index is -1.15. The van der Waals surface area contributed by atoms with E-state index in [-0.39, 0.29) is 30.1 Å². The maximum absolute atomic E-state index is 13.8. The zero-order valence-electron chi connectivity index (χ0n) is 21.1. The molecule has 0 saturated carbocycles. The van der Waals surface area contributed by atoms with Crippen molar-refractivity contribution in [3.05, 3.63) is 95.6 Å². The van der Waals surface area contributed by atoms with Crippen LogP contribution in [0.5, 0.6) is 11.5 Å². The number of carboxylic acids is 1. The molecule has 3 rings (SSSR count). The van der Waals surface area contributed by atoms with Gasteiger partial charge in [-0.05, 0) is 69.7 Å². The Bertz CT molecular complexity index is 1240. The van der Waals surface area contributed by atoms with Gasteiger partial charge in [-0.25, -0.2) is 14.4 Å². The van der Waals surface area contributed by atoms with Gasteiger partial charge < -0.3 is 9.84 Å². The van der Waals surface area contributed by atoms with Crippen LogP contribution in [0.25, 0.3) is 0 Å². The predicted octanol–water partition coefficient (Wildman–Crippen LogP) is 6.25. The van der Waals surface area contributed by atoms with E-state index in [2.05, 4.69) is 0 Å². The summed E-state index contributed by atoms with van der Waals surface area (Å²) in [5, 5.41) is 9.30. The van der Waals surface area contributed by atoms with Crippen molar-refractivity contribution in [1.29, 1.82) is 0 Å². The zero-order chi connectivity index (χ0) is 26.3. The number of quaternary nitrogens is 1. The molecule has 0 aromatic heterocycles. The predicted molar refractivity (Wildman–Crippen MR) is 135 cm³/mol. The van der Waals surface area contributed by atoms with Gasteiger partial charge in [0.2, 0.25) is 0 Å². The number of carbonyl (C=O) groups is 3. The maximum atomic E-state index is 13.8. The minimum Gasteiger partial charge on any atom is -0.478 e. The van der Waals surface area contributed by atoms with E-state index in [4.69, 9.17) is 9.57 Å². The molecule has 3 aromatic carbocycles. The van der Waals surface area contributed by atoms with Gasteiger partial charge in [-0.3, -0.25) is 4.84 Å². The fourth-order valence-electron chi connectivity index (χ4n) is 3.79. The Hall–Kier alpha value is -3.97. The molecule has 0 aliphatic carbocycles. The van der Waals surface area contributed by atoms with E-state index in [0.717, 1.165) is 5.56 Å². The van der Waals surface area contributed by atoms with E-state index in [1.54, 1.807) is 6.92 Å². The summed E-state index contributed by atoms with van der Waals surface area (Å²) >= 11 is 0. The summed E-state index contributed by atoms with van der Waals surface area (Å²) in [6.07, 6.45) is 0.551. The summed E-state index contributed by atoms with van der Waals surface area (Å²) < 4.78 is 5.37. The Morgan fingerprint density at radius 1 is 0.833 bits per heavy atom. The van der Waals surface area contributed by atoms with Crippen molar-refractivity contribution < 1.29 is 33.7 Å². The molecule has 0 spiro atoms. The lowest BCUT2D eigenvalue weighted by Crippen LogP contribution is -2.57. The van der Waals surface area contributed by atoms with Crippen molar-refractivity contribution in [1.82, 2.24) is 0 Å². The van der Waals surface area contributed by atoms with Crippen LogP contribution in [-0.4, -0.2) is 34.1 Å². The first kappa shape index (κ1) is 26.6. The molecule has 7 heteroatoms. The van der Waals surface area contributed by atoms with Gasteiger partial charge >= 0.3 is 17.8 Å². The molecule has 1 atom stereocenters. The molecule has 0 unspecified atom stereocenters. The highest BCUT2D eigenvalue weighted by Gasteiger charge is 2.49. The van der Waals surface area contributed by atoms with Crippen LogP contribution in [-0.2, 0) is 16.2 Å². The van der Waals surface area contributed by atoms with Crippen molar-refractivity contribution in [2.75, 3.05) is 6.54 Å². The van der Waals surface area contributed by atoms with Crippen LogP contribution in [0.1, 0.15) is 60.4 Å². The lowest BCUT2D eigenvalue weighted by Gasteiger charge is -2.36. The molecule has 7 nitrogen and oxygen atoms in total. The molecule has 0 radical (unpaired) electrons. The van der Waals surface area contributed by atoms with Gasteiger partial charge in [0, 0.05) is 5.56 Å². The molecule has 3 aromatic rings. The van der Waals surface area contributed by atoms with Crippen LogP contribution >= 0.6 is 0 Å². The largest absolute Gasteiger partial charge is 0.478 e. The summed E-state index contributed by atoms with van der Waals surface area (Å²) in [5.41, 5.74) is 0.00826. The van der Waals surface area contributed by atoms with E-state index in [1.807, 2.05) is 75.4 Å². The molecule has 0 fully saturated rings. The third-order valence-corrected chi connectivity index (χ3v) is 6.26. The average molecular weight is 491 g/mol. The van der Waals surface area contributed by atoms with Crippen LogP contribution in [0.3, 0.4) is 0 Å². The molecule has 0 aliphatic heterocycles. The Labute approximate surface area is 211 Å². The molecule has 0 bridgehead atoms. The number of hydrogen-bond acceptors (Lipinski definition) is 5. The summed E-state index contributed by atoms with van der Waals surface area (Å²) in [6, 6.07) is 22.3. The Balaban J connectivity index is 1.97. The number of nitrogens with zero attached hydrogens (tertiary/aromatic N) is 1. The van der Waals surface area contributed by atoms with Crippen LogP contribution in [0.4, 0.5) is 0 Å². The number of para-hydroxylation sites is 1. The molecular formula is C29H32NO6+. The molecule has 0 heterocycles. The van der Waals surface area contributed by atoms with E-state index < -0.39 is 22.0 Å². The molecular weight excluding hydrogens is 458 g/mol. The normalized spacial score (nSPS) is 12.9. The standard InChI is InChI=1S/C29H31NO6/c1-5-29(3,4)28(34)30(6-2,36-27(33)23-14-11-13-22(19-23)26(31)32)20-21-12-10-17-25(18-21)35-24-15-8-7-9-16-24/h7-19H,5-6,20H2,1-4H3/p+1/t30-/m0/s1. The van der Waals surface area contributed by atoms with Gasteiger partial charge in [0.1, 0.15) is 18.0 Å². The van der Waals surface area contributed by atoms with E-state index in [1.165, 1.54) is 24.3 Å². The second-order valence-corrected chi connectivity index (χ2v) is 9.23. The van der Waals surface area contributed by atoms with Crippen molar-refractivity contribution in [3.8, 4) is 11.5 Å². The van der Waals surface area contributed by atoms with Crippen LogP contribution in [0, 0.1) is 5.41 Å². The third kappa shape index (κ3) is 6.17. The number of hydroxylamine groups is 3. The first-order valence-corrected chi connectivity index (χ1v) is 11.9. The number of amides is 1. The van der Waals surface area contributed by atoms with Crippen molar-refractivity contribution in [2.45, 2.75) is 40.7 Å². The monoisotopic (exact) mass is 490 g/mol. The fraction of sp³-hybridized carbons (Fsp3) is 0.276. The van der Waals surface area contributed by atoms with Gasteiger partial charge in [0.05, 0.1) is 16.5 Å². The topological polar surface area (TPSA) is 89.9 Å². The van der Waals surface area contributed by atoms with E-state index in [0.29, 0.717) is 17.9 Å². The highest BCUT2D eigenvalue weighted by Crippen LogP contribution is 2.32. The van der Waals surface area contributed by atoms with Crippen molar-refractivity contribution in [2.24, 2.45) is 5.41 Å². The van der Waals surface area contributed by atoms with Crippen LogP contribution < -0.4 is 4.74 Å². The van der Waals surface area contributed by atoms with Gasteiger partial charge in [-0.15, -0.1) is 0 Å². The second-order valence-electron chi connectivity index (χ2n) is 9.23. The number of aromatic carboxylic acids is 1. The van der Waals surface area contributed by atoms with Crippen molar-refractivity contribution >= 4 is 17.8 Å². The Morgan fingerprint density at radius 3 is 2.11 bits per heavy atom. The number of benzene rings is 3. The summed E-state index contributed by atoms with van der Waals surface area (Å²) in [4.78, 5) is 44.4. The number of carbonyl (C=O) groups excluding carboxylic acids is 2. The SMILES string of the molecule is CCC(C)(C)C(=O)[N@+](CC)(Cc1cccc(Oc2ccccc2)c1)OC(=O)c1cccc(C(=O)O)c1. The molecule has 1 amide bonds. The summed E-state index contributed by atoms with van der Waals surface area (Å²) in [5.74, 6) is -0.893. The molecule has 0 saturated heterocycles. The fourth-order valence-corrected chi connectivity index (χ4v) is 3.79. The molecule has 1 N–H and O–H groups in total. The Morgan fingerprint density at radius 2 is 1.47 bits per heavy atom. The van der Waals surface area contributed by atoms with Gasteiger partial charge in [-0.1, -0.05) is 48.0 Å². The highest BCUT2D eigenvalue weighted by molar-refractivity contribution is 5.94. The molecule has 0 aliphatic rings. The van der Waals surface area contributed by atoms with Crippen molar-refractivity contribution in [3.63, 3.8) is 0 Å². The average Bonchev–Trinajstić information content (AvgIpc) is 2.88. The van der Waals surface area contributed by atoms with Gasteiger partial charge in [0.25, 0.3) is 0 Å². The summed E-state index contributed by atoms with van der Waals surface area (Å²) in [7, 11) is 0. The van der Waals surface area contributed by atoms with E-state index >= 15 is 0 Å². The number of hydrogen-bond donors (Lipinski definition) is 1. The number of rotatable bonds is 9. The first-order valence-electron chi connectivity index (χ1n) is 11.9. The van der Waals surface area contributed by atoms with Gasteiger partial charge in [0.15, 0.2) is 6.54 Å². The quantitative estimate of drug-likeness (QED) is 0.282. The number of carboxylic acid groups (broad SMARTS) is 1. The Kier molecular flexibility index (Phi) is 8.27. The highest BCUT2D eigenvalue weighted by atomic mass is 16.8. The van der Waals surface area contributed by atoms with Gasteiger partial charge in [-0.2, -0.15) is 0 Å². The maximum Gasteiger partial charge on any atom is 0.398 e. The van der Waals surface area contributed by atoms with E-state index in [9.17, 15) is 19.5 Å². The second kappa shape index (κ2) is 11.2.